The van der Waals surface area contributed by atoms with Crippen LogP contribution in [0.4, 0.5) is 0 Å². The van der Waals surface area contributed by atoms with Crippen molar-refractivity contribution in [2.24, 2.45) is 0 Å². The maximum absolute atomic E-state index is 13.1. The Kier molecular flexibility index (Phi) is 4.83. The van der Waals surface area contributed by atoms with Crippen LogP contribution in [0.1, 0.15) is 21.6 Å². The molecule has 0 saturated heterocycles. The van der Waals surface area contributed by atoms with Gasteiger partial charge >= 0.3 is 5.97 Å². The fraction of sp³-hybridized carbons (Fsp3) is 0.190. The molecule has 28 heavy (non-hydrogen) atoms. The maximum atomic E-state index is 13.1. The van der Waals surface area contributed by atoms with Gasteiger partial charge in [-0.2, -0.15) is 0 Å². The van der Waals surface area contributed by atoms with E-state index in [-0.39, 0.29) is 18.1 Å². The van der Waals surface area contributed by atoms with Crippen LogP contribution in [0.5, 0.6) is 5.75 Å². The summed E-state index contributed by atoms with van der Waals surface area (Å²) in [4.78, 5) is 30.8. The zero-order chi connectivity index (χ0) is 19.7. The fourth-order valence-corrected chi connectivity index (χ4v) is 4.24. The smallest absolute Gasteiger partial charge is 0.326 e. The Morgan fingerprint density at radius 1 is 1.14 bits per heavy atom. The van der Waals surface area contributed by atoms with Gasteiger partial charge in [-0.25, -0.2) is 9.78 Å². The summed E-state index contributed by atoms with van der Waals surface area (Å²) in [6, 6.07) is 14.2. The lowest BCUT2D eigenvalue weighted by atomic mass is 9.94. The van der Waals surface area contributed by atoms with Gasteiger partial charge in [0.25, 0.3) is 5.91 Å². The number of benzene rings is 2. The molecule has 0 fully saturated rings. The van der Waals surface area contributed by atoms with Gasteiger partial charge in [0.05, 0.1) is 12.7 Å². The molecule has 0 saturated carbocycles. The summed E-state index contributed by atoms with van der Waals surface area (Å²) in [5.74, 6) is -0.714. The van der Waals surface area contributed by atoms with Crippen molar-refractivity contribution in [3.8, 4) is 16.3 Å². The van der Waals surface area contributed by atoms with Crippen molar-refractivity contribution in [1.82, 2.24) is 9.88 Å². The largest absolute Gasteiger partial charge is 0.496 e. The van der Waals surface area contributed by atoms with E-state index in [1.165, 1.54) is 16.2 Å². The van der Waals surface area contributed by atoms with Crippen molar-refractivity contribution in [1.29, 1.82) is 0 Å². The molecule has 0 spiro atoms. The lowest BCUT2D eigenvalue weighted by Gasteiger charge is -2.34. The van der Waals surface area contributed by atoms with Crippen LogP contribution in [-0.4, -0.2) is 40.0 Å². The maximum Gasteiger partial charge on any atom is 0.326 e. The van der Waals surface area contributed by atoms with Crippen molar-refractivity contribution >= 4 is 23.2 Å². The number of amides is 1. The van der Waals surface area contributed by atoms with E-state index >= 15 is 0 Å². The topological polar surface area (TPSA) is 79.7 Å². The normalized spacial score (nSPS) is 15.8. The summed E-state index contributed by atoms with van der Waals surface area (Å²) in [5, 5.41) is 12.0. The highest BCUT2D eigenvalue weighted by Gasteiger charge is 2.35. The van der Waals surface area contributed by atoms with E-state index < -0.39 is 12.0 Å². The summed E-state index contributed by atoms with van der Waals surface area (Å²) in [7, 11) is 1.58. The Hall–Kier alpha value is -3.19. The Bertz CT molecular complexity index is 1050. The molecule has 1 aliphatic rings. The van der Waals surface area contributed by atoms with Crippen molar-refractivity contribution in [3.63, 3.8) is 0 Å². The molecule has 4 rings (SSSR count). The van der Waals surface area contributed by atoms with E-state index in [0.29, 0.717) is 17.2 Å². The third-order valence-electron chi connectivity index (χ3n) is 4.86. The van der Waals surface area contributed by atoms with Crippen molar-refractivity contribution in [2.75, 3.05) is 7.11 Å². The first-order valence-corrected chi connectivity index (χ1v) is 9.66. The first-order chi connectivity index (χ1) is 13.6. The Balaban J connectivity index is 1.66. The number of carbonyl (C=O) groups excluding carboxylic acids is 1. The highest BCUT2D eigenvalue weighted by atomic mass is 32.1. The second-order valence-electron chi connectivity index (χ2n) is 6.50. The number of fused-ring (bicyclic) bond motifs is 1. The quantitative estimate of drug-likeness (QED) is 0.733. The third kappa shape index (κ3) is 3.25. The summed E-state index contributed by atoms with van der Waals surface area (Å²) in [6.45, 7) is 0.257. The van der Waals surface area contributed by atoms with Crippen molar-refractivity contribution in [2.45, 2.75) is 19.0 Å². The van der Waals surface area contributed by atoms with Gasteiger partial charge in [-0.05, 0) is 23.3 Å². The predicted octanol–water partition coefficient (Wildman–Crippen LogP) is 3.47. The molecule has 6 nitrogen and oxygen atoms in total. The summed E-state index contributed by atoms with van der Waals surface area (Å²) < 4.78 is 5.37. The average Bonchev–Trinajstić information content (AvgIpc) is 3.22. The van der Waals surface area contributed by atoms with Crippen LogP contribution in [0.25, 0.3) is 10.6 Å². The molecule has 3 aromatic rings. The van der Waals surface area contributed by atoms with Crippen molar-refractivity contribution < 1.29 is 19.4 Å². The first-order valence-electron chi connectivity index (χ1n) is 8.78. The van der Waals surface area contributed by atoms with Crippen molar-refractivity contribution in [3.05, 3.63) is 70.7 Å². The molecule has 2 heterocycles. The van der Waals surface area contributed by atoms with Crippen LogP contribution in [0.15, 0.2) is 53.9 Å². The molecule has 142 valence electrons. The van der Waals surface area contributed by atoms with Crippen LogP contribution in [-0.2, 0) is 17.8 Å². The summed E-state index contributed by atoms with van der Waals surface area (Å²) >= 11 is 1.33. The van der Waals surface area contributed by atoms with Gasteiger partial charge in [-0.1, -0.05) is 36.4 Å². The number of hydrogen-bond acceptors (Lipinski definition) is 5. The van der Waals surface area contributed by atoms with E-state index in [1.54, 1.807) is 12.5 Å². The lowest BCUT2D eigenvalue weighted by molar-refractivity contribution is -0.142. The Morgan fingerprint density at radius 2 is 1.86 bits per heavy atom. The molecule has 0 radical (unpaired) electrons. The van der Waals surface area contributed by atoms with Gasteiger partial charge in [-0.15, -0.1) is 11.3 Å². The number of carbonyl (C=O) groups is 2. The molecule has 1 amide bonds. The molecule has 0 bridgehead atoms. The molecule has 7 heteroatoms. The van der Waals surface area contributed by atoms with Crippen LogP contribution < -0.4 is 4.74 Å². The van der Waals surface area contributed by atoms with E-state index in [9.17, 15) is 14.7 Å². The number of nitrogens with zero attached hydrogens (tertiary/aromatic N) is 2. The van der Waals surface area contributed by atoms with Gasteiger partial charge < -0.3 is 14.7 Å². The molecule has 1 aromatic heterocycles. The lowest BCUT2D eigenvalue weighted by Crippen LogP contribution is -2.48. The molecule has 1 aliphatic heterocycles. The van der Waals surface area contributed by atoms with Gasteiger partial charge in [0.15, 0.2) is 0 Å². The van der Waals surface area contributed by atoms with Crippen LogP contribution >= 0.6 is 11.3 Å². The molecule has 2 aromatic carbocycles. The summed E-state index contributed by atoms with van der Waals surface area (Å²) in [5.41, 5.74) is 2.98. The minimum atomic E-state index is -1.01. The number of hydrogen-bond donors (Lipinski definition) is 1. The first kappa shape index (κ1) is 18.2. The van der Waals surface area contributed by atoms with E-state index in [1.807, 2.05) is 48.5 Å². The average molecular weight is 394 g/mol. The number of carboxylic acids is 1. The molecular weight excluding hydrogens is 376 g/mol. The number of ether oxygens (including phenoxy) is 1. The van der Waals surface area contributed by atoms with Crippen LogP contribution in [0.2, 0.25) is 0 Å². The highest BCUT2D eigenvalue weighted by molar-refractivity contribution is 7.13. The number of methoxy groups -OCH3 is 1. The molecule has 1 N–H and O–H groups in total. The Morgan fingerprint density at radius 3 is 2.61 bits per heavy atom. The molecule has 0 aliphatic carbocycles. The highest BCUT2D eigenvalue weighted by Crippen LogP contribution is 2.33. The van der Waals surface area contributed by atoms with Gasteiger partial charge in [0.1, 0.15) is 22.5 Å². The van der Waals surface area contributed by atoms with Gasteiger partial charge in [0, 0.05) is 18.3 Å². The number of carboxylic acid groups (broad SMARTS) is 1. The number of para-hydroxylation sites is 1. The number of aliphatic carboxylic acids is 1. The summed E-state index contributed by atoms with van der Waals surface area (Å²) in [6.07, 6.45) is 0.292. The number of aromatic nitrogens is 1. The van der Waals surface area contributed by atoms with E-state index in [2.05, 4.69) is 4.98 Å². The van der Waals surface area contributed by atoms with E-state index in [0.717, 1.165) is 16.7 Å². The fourth-order valence-electron chi connectivity index (χ4n) is 3.42. The number of rotatable bonds is 4. The molecular formula is C21H18N2O4S. The Labute approximate surface area is 166 Å². The number of thiazole rings is 1. The van der Waals surface area contributed by atoms with E-state index in [4.69, 9.17) is 4.74 Å². The molecule has 0 unspecified atom stereocenters. The standard InChI is InChI=1S/C21H18N2O4S/c1-27-18-9-5-4-8-15(18)19-22-16(12-28-19)20(24)23-11-14-7-3-2-6-13(14)10-17(23)21(25)26/h2-9,12,17H,10-11H2,1H3,(H,25,26)/t17-/m1/s1. The zero-order valence-corrected chi connectivity index (χ0v) is 16.0. The van der Waals surface area contributed by atoms with Crippen LogP contribution in [0, 0.1) is 0 Å². The van der Waals surface area contributed by atoms with Gasteiger partial charge in [-0.3, -0.25) is 4.79 Å². The minimum Gasteiger partial charge on any atom is -0.496 e. The van der Waals surface area contributed by atoms with Gasteiger partial charge in [0.2, 0.25) is 0 Å². The second-order valence-corrected chi connectivity index (χ2v) is 7.36. The monoisotopic (exact) mass is 394 g/mol. The zero-order valence-electron chi connectivity index (χ0n) is 15.2. The minimum absolute atomic E-state index is 0.247. The predicted molar refractivity (Wildman–Crippen MR) is 106 cm³/mol. The SMILES string of the molecule is COc1ccccc1-c1nc(C(=O)N2Cc3ccccc3C[C@@H]2C(=O)O)cs1. The molecule has 1 atom stereocenters. The second kappa shape index (κ2) is 7.44. The third-order valence-corrected chi connectivity index (χ3v) is 5.73. The van der Waals surface area contributed by atoms with Crippen LogP contribution in [0.3, 0.4) is 0 Å².